The average Bonchev–Trinajstić information content (AvgIpc) is 3.47. The number of aliphatic carboxylic acids is 1. The van der Waals surface area contributed by atoms with Crippen LogP contribution in [0.3, 0.4) is 0 Å². The minimum absolute atomic E-state index is 0.0229. The molecule has 1 aliphatic heterocycles. The molecular weight excluding hydrogens is 433 g/mol. The highest BCUT2D eigenvalue weighted by Gasteiger charge is 2.39. The molecule has 2 heterocycles. The van der Waals surface area contributed by atoms with Crippen LogP contribution in [0, 0.1) is 11.8 Å². The molecule has 1 aromatic rings. The van der Waals surface area contributed by atoms with Gasteiger partial charge < -0.3 is 9.84 Å². The molecule has 0 aromatic carbocycles. The number of pyridine rings is 1. The lowest BCUT2D eigenvalue weighted by Gasteiger charge is -2.44. The molecule has 0 unspecified atom stereocenters. The number of ether oxygens (including phenoxy) is 1. The van der Waals surface area contributed by atoms with Crippen LogP contribution in [0.2, 0.25) is 0 Å². The number of carboxylic acids is 1. The van der Waals surface area contributed by atoms with Crippen molar-refractivity contribution in [3.05, 3.63) is 29.6 Å². The quantitative estimate of drug-likeness (QED) is 0.519. The highest BCUT2D eigenvalue weighted by atomic mass is 19.4. The molecule has 3 fully saturated rings. The highest BCUT2D eigenvalue weighted by Crippen LogP contribution is 2.39. The first-order valence-electron chi connectivity index (χ1n) is 12.4. The van der Waals surface area contributed by atoms with Gasteiger partial charge in [0.25, 0.3) is 0 Å². The van der Waals surface area contributed by atoms with Gasteiger partial charge in [-0.2, -0.15) is 13.2 Å². The molecule has 0 bridgehead atoms. The minimum Gasteiger partial charge on any atom is -0.481 e. The molecule has 0 spiro atoms. The molecule has 1 N–H and O–H groups in total. The largest absolute Gasteiger partial charge is 0.481 e. The van der Waals surface area contributed by atoms with Gasteiger partial charge in [0, 0.05) is 30.9 Å². The van der Waals surface area contributed by atoms with E-state index in [0.29, 0.717) is 23.8 Å². The lowest BCUT2D eigenvalue weighted by Crippen LogP contribution is -2.48. The van der Waals surface area contributed by atoms with Crippen molar-refractivity contribution in [2.75, 3.05) is 13.1 Å². The van der Waals surface area contributed by atoms with Gasteiger partial charge in [0.1, 0.15) is 5.69 Å². The maximum Gasteiger partial charge on any atom is 0.433 e. The zero-order valence-electron chi connectivity index (χ0n) is 19.1. The first-order valence-corrected chi connectivity index (χ1v) is 12.4. The molecular formula is C25H35F3N2O3. The molecule has 33 heavy (non-hydrogen) atoms. The van der Waals surface area contributed by atoms with Gasteiger partial charge in [0.05, 0.1) is 18.6 Å². The van der Waals surface area contributed by atoms with Crippen molar-refractivity contribution in [2.45, 2.75) is 95.1 Å². The number of carboxylic acid groups (broad SMARTS) is 1. The number of alkyl halides is 3. The summed E-state index contributed by atoms with van der Waals surface area (Å²) in [7, 11) is 0. The van der Waals surface area contributed by atoms with Crippen molar-refractivity contribution in [1.82, 2.24) is 9.88 Å². The first-order chi connectivity index (χ1) is 15.8. The predicted molar refractivity (Wildman–Crippen MR) is 118 cm³/mol. The van der Waals surface area contributed by atoms with E-state index in [9.17, 15) is 23.1 Å². The second kappa shape index (κ2) is 10.7. The third-order valence-corrected chi connectivity index (χ3v) is 7.68. The molecule has 1 saturated heterocycles. The summed E-state index contributed by atoms with van der Waals surface area (Å²) in [4.78, 5) is 17.5. The normalized spacial score (nSPS) is 27.5. The monoisotopic (exact) mass is 468 g/mol. The molecule has 2 aliphatic carbocycles. The summed E-state index contributed by atoms with van der Waals surface area (Å²) >= 11 is 0. The fourth-order valence-corrected chi connectivity index (χ4v) is 6.03. The molecule has 3 atom stereocenters. The number of carbonyl (C=O) groups is 1. The zero-order chi connectivity index (χ0) is 23.4. The van der Waals surface area contributed by atoms with Crippen LogP contribution in [-0.4, -0.2) is 46.2 Å². The molecule has 8 heteroatoms. The first kappa shape index (κ1) is 24.5. The SMILES string of the molecule is O=C(O)C[C@@H]1CC[C@@H](N(CC2CCCC2)CC2CCCC2)[C@H](c2ccc(C(F)(F)F)nc2)O1. The summed E-state index contributed by atoms with van der Waals surface area (Å²) in [6.45, 7) is 1.97. The van der Waals surface area contributed by atoms with Crippen molar-refractivity contribution >= 4 is 5.97 Å². The Balaban J connectivity index is 1.58. The van der Waals surface area contributed by atoms with E-state index in [1.54, 1.807) is 0 Å². The molecule has 3 aliphatic rings. The lowest BCUT2D eigenvalue weighted by molar-refractivity contribution is -0.148. The third kappa shape index (κ3) is 6.47. The Labute approximate surface area is 193 Å². The van der Waals surface area contributed by atoms with Crippen LogP contribution in [0.25, 0.3) is 0 Å². The van der Waals surface area contributed by atoms with Gasteiger partial charge in [-0.05, 0) is 56.4 Å². The van der Waals surface area contributed by atoms with E-state index in [1.165, 1.54) is 63.6 Å². The summed E-state index contributed by atoms with van der Waals surface area (Å²) in [5.74, 6) is 0.376. The Morgan fingerprint density at radius 3 is 2.09 bits per heavy atom. The second-order valence-electron chi connectivity index (χ2n) is 10.2. The van der Waals surface area contributed by atoms with Crippen LogP contribution < -0.4 is 0 Å². The number of hydrogen-bond donors (Lipinski definition) is 1. The van der Waals surface area contributed by atoms with E-state index in [2.05, 4.69) is 9.88 Å². The van der Waals surface area contributed by atoms with Crippen molar-refractivity contribution < 1.29 is 27.8 Å². The van der Waals surface area contributed by atoms with Gasteiger partial charge in [0.15, 0.2) is 0 Å². The van der Waals surface area contributed by atoms with E-state index < -0.39 is 30.0 Å². The summed E-state index contributed by atoms with van der Waals surface area (Å²) in [5, 5.41) is 9.28. The van der Waals surface area contributed by atoms with E-state index in [0.717, 1.165) is 25.6 Å². The Morgan fingerprint density at radius 2 is 1.61 bits per heavy atom. The number of nitrogens with zero attached hydrogens (tertiary/aromatic N) is 2. The van der Waals surface area contributed by atoms with Crippen molar-refractivity contribution in [3.8, 4) is 0 Å². The molecule has 1 aromatic heterocycles. The maximum absolute atomic E-state index is 13.1. The van der Waals surface area contributed by atoms with Gasteiger partial charge >= 0.3 is 12.1 Å². The topological polar surface area (TPSA) is 62.7 Å². The number of aromatic nitrogens is 1. The van der Waals surface area contributed by atoms with Crippen molar-refractivity contribution in [1.29, 1.82) is 0 Å². The average molecular weight is 469 g/mol. The van der Waals surface area contributed by atoms with E-state index in [4.69, 9.17) is 4.74 Å². The molecule has 4 rings (SSSR count). The lowest BCUT2D eigenvalue weighted by atomic mass is 9.90. The Morgan fingerprint density at radius 1 is 1.00 bits per heavy atom. The van der Waals surface area contributed by atoms with E-state index in [-0.39, 0.29) is 12.5 Å². The van der Waals surface area contributed by atoms with Crippen LogP contribution >= 0.6 is 0 Å². The Kier molecular flexibility index (Phi) is 7.95. The summed E-state index contributed by atoms with van der Waals surface area (Å²) in [5.41, 5.74) is -0.319. The van der Waals surface area contributed by atoms with Crippen LogP contribution in [0.15, 0.2) is 18.3 Å². The number of halogens is 3. The van der Waals surface area contributed by atoms with Gasteiger partial charge in [-0.3, -0.25) is 14.7 Å². The molecule has 0 amide bonds. The summed E-state index contributed by atoms with van der Waals surface area (Å²) in [6, 6.07) is 2.49. The number of hydrogen-bond acceptors (Lipinski definition) is 4. The smallest absolute Gasteiger partial charge is 0.433 e. The van der Waals surface area contributed by atoms with Gasteiger partial charge in [-0.25, -0.2) is 0 Å². The fourth-order valence-electron chi connectivity index (χ4n) is 6.03. The van der Waals surface area contributed by atoms with Crippen LogP contribution in [-0.2, 0) is 15.7 Å². The van der Waals surface area contributed by atoms with Crippen LogP contribution in [0.5, 0.6) is 0 Å². The summed E-state index contributed by atoms with van der Waals surface area (Å²) in [6.07, 6.45) is 7.14. The van der Waals surface area contributed by atoms with Gasteiger partial charge in [0.2, 0.25) is 0 Å². The predicted octanol–water partition coefficient (Wildman–Crippen LogP) is 5.85. The van der Waals surface area contributed by atoms with Crippen LogP contribution in [0.4, 0.5) is 13.2 Å². The standard InChI is InChI=1S/C25H35F3N2O3/c26-25(27,28)22-12-9-19(14-29-22)24-21(11-10-20(33-24)13-23(31)32)30(15-17-5-1-2-6-17)16-18-7-3-4-8-18/h9,12,14,17-18,20-21,24H,1-8,10-11,13,15-16H2,(H,31,32)/t20-,21+,24-/m0/s1. The van der Waals surface area contributed by atoms with Gasteiger partial charge in [-0.15, -0.1) is 0 Å². The number of rotatable bonds is 8. The van der Waals surface area contributed by atoms with E-state index in [1.807, 2.05) is 0 Å². The Hall–Kier alpha value is -1.67. The fraction of sp³-hybridized carbons (Fsp3) is 0.760. The van der Waals surface area contributed by atoms with Crippen molar-refractivity contribution in [2.24, 2.45) is 11.8 Å². The summed E-state index contributed by atoms with van der Waals surface area (Å²) < 4.78 is 45.5. The molecule has 0 radical (unpaired) electrons. The Bertz CT molecular complexity index is 756. The molecule has 5 nitrogen and oxygen atoms in total. The zero-order valence-corrected chi connectivity index (χ0v) is 19.1. The van der Waals surface area contributed by atoms with Crippen molar-refractivity contribution in [3.63, 3.8) is 0 Å². The van der Waals surface area contributed by atoms with Gasteiger partial charge in [-0.1, -0.05) is 31.7 Å². The molecule has 184 valence electrons. The minimum atomic E-state index is -4.49. The van der Waals surface area contributed by atoms with E-state index >= 15 is 0 Å². The third-order valence-electron chi connectivity index (χ3n) is 7.68. The highest BCUT2D eigenvalue weighted by molar-refractivity contribution is 5.67. The second-order valence-corrected chi connectivity index (χ2v) is 10.2. The maximum atomic E-state index is 13.1. The molecule has 2 saturated carbocycles. The van der Waals surface area contributed by atoms with Crippen LogP contribution in [0.1, 0.15) is 88.0 Å².